The van der Waals surface area contributed by atoms with Crippen molar-refractivity contribution in [3.63, 3.8) is 0 Å². The Morgan fingerprint density at radius 3 is 2.85 bits per heavy atom. The average molecular weight is 202 g/mol. The largest absolute Gasteiger partial charge is 0.380 e. The van der Waals surface area contributed by atoms with Gasteiger partial charge in [-0.25, -0.2) is 0 Å². The third-order valence-corrected chi connectivity index (χ3v) is 3.18. The molecule has 6 nitrogen and oxygen atoms in total. The first-order valence-electron chi connectivity index (χ1n) is 3.96. The molecule has 2 heterocycles. The molecule has 0 atom stereocenters. The van der Waals surface area contributed by atoms with E-state index in [1.54, 1.807) is 0 Å². The van der Waals surface area contributed by atoms with E-state index in [0.717, 1.165) is 0 Å². The summed E-state index contributed by atoms with van der Waals surface area (Å²) in [6, 6.07) is 0. The van der Waals surface area contributed by atoms with E-state index in [2.05, 4.69) is 9.79 Å². The molecule has 0 saturated carbocycles. The Bertz CT molecular complexity index is 361. The maximum atomic E-state index is 11.0. The molecule has 0 spiro atoms. The first kappa shape index (κ1) is 8.49. The number of nitrogens with one attached hydrogen (secondary N) is 1. The Labute approximate surface area is 77.0 Å². The van der Waals surface area contributed by atoms with Crippen molar-refractivity contribution in [2.45, 2.75) is 0 Å². The van der Waals surface area contributed by atoms with E-state index < -0.39 is 10.8 Å². The van der Waals surface area contributed by atoms with Gasteiger partial charge in [-0.3, -0.25) is 14.6 Å². The molecule has 2 rings (SSSR count). The first-order valence-corrected chi connectivity index (χ1v) is 5.45. The fourth-order valence-electron chi connectivity index (χ4n) is 1.20. The highest BCUT2D eigenvalue weighted by Crippen LogP contribution is 1.92. The van der Waals surface area contributed by atoms with Crippen molar-refractivity contribution in [1.29, 1.82) is 5.41 Å². The van der Waals surface area contributed by atoms with Gasteiger partial charge in [0.25, 0.3) is 11.8 Å². The third kappa shape index (κ3) is 1.80. The maximum absolute atomic E-state index is 11.0. The van der Waals surface area contributed by atoms with Crippen LogP contribution in [0, 0.1) is 5.41 Å². The van der Waals surface area contributed by atoms with Gasteiger partial charge < -0.3 is 4.52 Å². The van der Waals surface area contributed by atoms with E-state index in [9.17, 15) is 4.21 Å². The average Bonchev–Trinajstić information content (AvgIpc) is 2.53. The summed E-state index contributed by atoms with van der Waals surface area (Å²) in [6.07, 6.45) is 1.49. The standard InChI is InChI=1S/C6H10N4O2S/c7-6-5-10(8-12-6)9-1-3-13(11)4-2-9/h5,7H,1-4H2. The van der Waals surface area contributed by atoms with Gasteiger partial charge in [0.15, 0.2) is 0 Å². The van der Waals surface area contributed by atoms with Crippen LogP contribution in [0.5, 0.6) is 0 Å². The Morgan fingerprint density at radius 1 is 1.62 bits per heavy atom. The highest BCUT2D eigenvalue weighted by atomic mass is 32.2. The van der Waals surface area contributed by atoms with Crippen LogP contribution in [0.15, 0.2) is 10.7 Å². The summed E-state index contributed by atoms with van der Waals surface area (Å²) in [7, 11) is -0.688. The minimum absolute atomic E-state index is 0.0340. The number of hydrogen-bond donors (Lipinski definition) is 1. The molecule has 1 aliphatic heterocycles. The molecule has 0 radical (unpaired) electrons. The van der Waals surface area contributed by atoms with E-state index in [1.807, 2.05) is 5.01 Å². The molecule has 1 fully saturated rings. The van der Waals surface area contributed by atoms with Crippen LogP contribution >= 0.6 is 0 Å². The number of nitrogens with zero attached hydrogens (tertiary/aromatic N) is 3. The van der Waals surface area contributed by atoms with Crippen molar-refractivity contribution < 1.29 is 13.5 Å². The quantitative estimate of drug-likeness (QED) is 0.520. The van der Waals surface area contributed by atoms with Gasteiger partial charge in [0.2, 0.25) is 0 Å². The highest BCUT2D eigenvalue weighted by Gasteiger charge is 2.15. The third-order valence-electron chi connectivity index (χ3n) is 1.90. The summed E-state index contributed by atoms with van der Waals surface area (Å²) in [6.45, 7) is 1.40. The molecule has 1 saturated heterocycles. The van der Waals surface area contributed by atoms with E-state index in [0.29, 0.717) is 24.6 Å². The number of aromatic nitrogens is 2. The SMILES string of the molecule is N=c1c[n+](N2CCS(=O)CC2)[n-]o1. The van der Waals surface area contributed by atoms with Gasteiger partial charge in [0.1, 0.15) is 0 Å². The predicted octanol–water partition coefficient (Wildman–Crippen LogP) is -2.30. The first-order chi connectivity index (χ1) is 6.25. The second kappa shape index (κ2) is 3.33. The molecule has 0 amide bonds. The van der Waals surface area contributed by atoms with Crippen LogP contribution in [0.3, 0.4) is 0 Å². The molecule has 7 heteroatoms. The van der Waals surface area contributed by atoms with Crippen LogP contribution in [0.2, 0.25) is 0 Å². The lowest BCUT2D eigenvalue weighted by Gasteiger charge is -2.25. The van der Waals surface area contributed by atoms with Gasteiger partial charge in [-0.2, -0.15) is 0 Å². The summed E-state index contributed by atoms with van der Waals surface area (Å²) in [4.78, 5) is 1.50. The number of hydrogen-bond acceptors (Lipinski definition) is 4. The fourth-order valence-corrected chi connectivity index (χ4v) is 2.24. The van der Waals surface area contributed by atoms with E-state index in [-0.39, 0.29) is 5.55 Å². The summed E-state index contributed by atoms with van der Waals surface area (Å²) >= 11 is 0. The molecule has 1 aliphatic rings. The van der Waals surface area contributed by atoms with Crippen molar-refractivity contribution in [2.24, 2.45) is 0 Å². The van der Waals surface area contributed by atoms with Crippen LogP contribution in [0.25, 0.3) is 0 Å². The van der Waals surface area contributed by atoms with Crippen LogP contribution in [-0.2, 0) is 10.8 Å². The number of rotatable bonds is 1. The zero-order valence-corrected chi connectivity index (χ0v) is 7.79. The van der Waals surface area contributed by atoms with Crippen molar-refractivity contribution in [3.05, 3.63) is 11.8 Å². The van der Waals surface area contributed by atoms with Gasteiger partial charge >= 0.3 is 0 Å². The predicted molar refractivity (Wildman–Crippen MR) is 43.9 cm³/mol. The monoisotopic (exact) mass is 202 g/mol. The molecular formula is C6H10N4O2S. The summed E-state index contributed by atoms with van der Waals surface area (Å²) in [5.41, 5.74) is 0.0340. The fraction of sp³-hybridized carbons (Fsp3) is 0.667. The van der Waals surface area contributed by atoms with Gasteiger partial charge in [-0.15, -0.1) is 0 Å². The normalized spacial score (nSPS) is 19.2. The van der Waals surface area contributed by atoms with E-state index in [4.69, 9.17) is 5.41 Å². The van der Waals surface area contributed by atoms with Crippen LogP contribution < -0.4 is 20.6 Å². The van der Waals surface area contributed by atoms with Gasteiger partial charge in [0.05, 0.1) is 0 Å². The van der Waals surface area contributed by atoms with E-state index >= 15 is 0 Å². The molecule has 72 valence electrons. The summed E-state index contributed by atoms with van der Waals surface area (Å²) < 4.78 is 15.6. The molecular weight excluding hydrogens is 192 g/mol. The van der Waals surface area contributed by atoms with Crippen LogP contribution in [0.4, 0.5) is 0 Å². The lowest BCUT2D eigenvalue weighted by Crippen LogP contribution is -2.64. The molecule has 0 aromatic carbocycles. The molecule has 1 aromatic rings. The minimum Gasteiger partial charge on any atom is -0.380 e. The van der Waals surface area contributed by atoms with Crippen LogP contribution in [0.1, 0.15) is 0 Å². The van der Waals surface area contributed by atoms with E-state index in [1.165, 1.54) is 11.0 Å². The summed E-state index contributed by atoms with van der Waals surface area (Å²) in [5, 5.41) is 12.7. The Morgan fingerprint density at radius 2 is 2.31 bits per heavy atom. The maximum Gasteiger partial charge on any atom is 0.286 e. The molecule has 0 aliphatic carbocycles. The molecule has 13 heavy (non-hydrogen) atoms. The second-order valence-corrected chi connectivity index (χ2v) is 4.48. The highest BCUT2D eigenvalue weighted by molar-refractivity contribution is 7.85. The Hall–Kier alpha value is -1.11. The zero-order valence-electron chi connectivity index (χ0n) is 6.97. The van der Waals surface area contributed by atoms with Crippen molar-refractivity contribution in [1.82, 2.24) is 5.27 Å². The van der Waals surface area contributed by atoms with Crippen LogP contribution in [-0.4, -0.2) is 28.8 Å². The Balaban J connectivity index is 2.10. The molecule has 1 aromatic heterocycles. The van der Waals surface area contributed by atoms with Gasteiger partial charge in [0, 0.05) is 35.4 Å². The zero-order chi connectivity index (χ0) is 9.26. The lowest BCUT2D eigenvalue weighted by atomic mass is 10.6. The topological polar surface area (TPSA) is 75.3 Å². The smallest absolute Gasteiger partial charge is 0.286 e. The van der Waals surface area contributed by atoms with Crippen molar-refractivity contribution in [3.8, 4) is 0 Å². The minimum atomic E-state index is -0.688. The van der Waals surface area contributed by atoms with Crippen molar-refractivity contribution >= 4 is 10.8 Å². The molecule has 0 unspecified atom stereocenters. The second-order valence-electron chi connectivity index (χ2n) is 2.79. The lowest BCUT2D eigenvalue weighted by molar-refractivity contribution is -0.763. The molecule has 0 bridgehead atoms. The molecule has 1 N–H and O–H groups in total. The van der Waals surface area contributed by atoms with Crippen molar-refractivity contribution in [2.75, 3.05) is 29.6 Å². The van der Waals surface area contributed by atoms with Gasteiger partial charge in [-0.1, -0.05) is 4.79 Å². The Kier molecular flexibility index (Phi) is 2.17. The summed E-state index contributed by atoms with van der Waals surface area (Å²) in [5.74, 6) is 1.32. The van der Waals surface area contributed by atoms with Gasteiger partial charge in [-0.05, 0) is 5.27 Å².